The van der Waals surface area contributed by atoms with Gasteiger partial charge in [0.05, 0.1) is 7.92 Å². The summed E-state index contributed by atoms with van der Waals surface area (Å²) in [6.07, 6.45) is 0. The lowest BCUT2D eigenvalue weighted by Crippen LogP contribution is -2.29. The van der Waals surface area contributed by atoms with Crippen LogP contribution in [0.3, 0.4) is 0 Å². The van der Waals surface area contributed by atoms with Gasteiger partial charge in [0, 0.05) is 11.4 Å². The van der Waals surface area contributed by atoms with Gasteiger partial charge in [-0.1, -0.05) is 97.1 Å². The minimum Gasteiger partial charge on any atom is -0.277 e. The fourth-order valence-corrected chi connectivity index (χ4v) is 5.26. The Morgan fingerprint density at radius 3 is 1.18 bits per heavy atom. The Kier molecular flexibility index (Phi) is 5.61. The van der Waals surface area contributed by atoms with Crippen molar-refractivity contribution >= 4 is 35.6 Å². The summed E-state index contributed by atoms with van der Waals surface area (Å²) in [5.74, 6) is 0. The Bertz CT molecular complexity index is 857. The second-order valence-corrected chi connectivity index (χ2v) is 8.38. The van der Waals surface area contributed by atoms with Crippen LogP contribution in [0.15, 0.2) is 121 Å². The normalized spacial score (nSPS) is 10.6. The van der Waals surface area contributed by atoms with E-state index in [1.807, 2.05) is 126 Å². The van der Waals surface area contributed by atoms with Gasteiger partial charge in [0.1, 0.15) is 0 Å². The molecule has 0 unspecified atom stereocenters. The highest BCUT2D eigenvalue weighted by atomic mass is 31.1. The number of nitrogens with zero attached hydrogens (tertiary/aromatic N) is 1. The van der Waals surface area contributed by atoms with Crippen LogP contribution in [0.4, 0.5) is 16.2 Å². The van der Waals surface area contributed by atoms with Crippen molar-refractivity contribution in [1.82, 2.24) is 0 Å². The number of carbonyl (C=O) groups is 1. The van der Waals surface area contributed by atoms with Gasteiger partial charge in [-0.3, -0.25) is 9.69 Å². The van der Waals surface area contributed by atoms with Gasteiger partial charge >= 0.3 is 0 Å². The highest BCUT2D eigenvalue weighted by molar-refractivity contribution is 7.88. The zero-order chi connectivity index (χ0) is 19.2. The third-order valence-electron chi connectivity index (χ3n) is 4.44. The Morgan fingerprint density at radius 1 is 0.500 bits per heavy atom. The zero-order valence-electron chi connectivity index (χ0n) is 15.3. The summed E-state index contributed by atoms with van der Waals surface area (Å²) < 4.78 is 0. The monoisotopic (exact) mass is 381 g/mol. The molecular weight excluding hydrogens is 361 g/mol. The molecule has 136 valence electrons. The van der Waals surface area contributed by atoms with Crippen LogP contribution in [0.5, 0.6) is 0 Å². The number of carbonyl (C=O) groups excluding carboxylic acids is 1. The van der Waals surface area contributed by atoms with Gasteiger partial charge in [0.25, 0.3) is 5.65 Å². The van der Waals surface area contributed by atoms with E-state index in [0.717, 1.165) is 22.0 Å². The standard InChI is InChI=1S/C25H20NOP/c27-25(26(21-13-5-1-6-14-21)22-15-7-2-8-16-22)28(23-17-9-3-10-18-23)24-19-11-4-12-20-24/h1-20H. The Hall–Kier alpha value is -3.22. The number of amides is 1. The maximum absolute atomic E-state index is 14.0. The second kappa shape index (κ2) is 8.65. The number of hydrogen-bond donors (Lipinski definition) is 0. The third kappa shape index (κ3) is 3.88. The van der Waals surface area contributed by atoms with Gasteiger partial charge in [-0.25, -0.2) is 0 Å². The Balaban J connectivity index is 1.85. The SMILES string of the molecule is O=C(N(c1ccccc1)c1ccccc1)P(c1ccccc1)c1ccccc1. The number of anilines is 2. The summed E-state index contributed by atoms with van der Waals surface area (Å²) in [4.78, 5) is 15.8. The topological polar surface area (TPSA) is 20.3 Å². The van der Waals surface area contributed by atoms with Crippen molar-refractivity contribution in [2.75, 3.05) is 4.90 Å². The molecule has 0 bridgehead atoms. The summed E-state index contributed by atoms with van der Waals surface area (Å²) in [7, 11) is -1.21. The highest BCUT2D eigenvalue weighted by Gasteiger charge is 2.29. The van der Waals surface area contributed by atoms with Crippen molar-refractivity contribution < 1.29 is 4.79 Å². The van der Waals surface area contributed by atoms with E-state index in [1.165, 1.54) is 0 Å². The first-order chi connectivity index (χ1) is 13.8. The van der Waals surface area contributed by atoms with Gasteiger partial charge in [0.2, 0.25) is 0 Å². The van der Waals surface area contributed by atoms with Crippen molar-refractivity contribution in [3.05, 3.63) is 121 Å². The van der Waals surface area contributed by atoms with Gasteiger partial charge < -0.3 is 0 Å². The highest BCUT2D eigenvalue weighted by Crippen LogP contribution is 2.41. The lowest BCUT2D eigenvalue weighted by molar-refractivity contribution is 0.266. The van der Waals surface area contributed by atoms with E-state index >= 15 is 0 Å². The second-order valence-electron chi connectivity index (χ2n) is 6.30. The number of rotatable bonds is 5. The first-order valence-electron chi connectivity index (χ1n) is 9.19. The van der Waals surface area contributed by atoms with Crippen LogP contribution >= 0.6 is 7.92 Å². The molecule has 0 aliphatic carbocycles. The van der Waals surface area contributed by atoms with Crippen LogP contribution in [0.2, 0.25) is 0 Å². The quantitative estimate of drug-likeness (QED) is 0.384. The largest absolute Gasteiger partial charge is 0.277 e. The first-order valence-corrected chi connectivity index (χ1v) is 10.5. The molecule has 2 nitrogen and oxygen atoms in total. The molecule has 0 N–H and O–H groups in total. The molecule has 0 heterocycles. The average molecular weight is 381 g/mol. The van der Waals surface area contributed by atoms with Gasteiger partial charge in [-0.05, 0) is 34.9 Å². The lowest BCUT2D eigenvalue weighted by Gasteiger charge is -2.28. The fourth-order valence-electron chi connectivity index (χ4n) is 3.15. The van der Waals surface area contributed by atoms with Gasteiger partial charge in [-0.15, -0.1) is 0 Å². The third-order valence-corrected chi connectivity index (χ3v) is 6.65. The molecular formula is C25H20NOP. The molecule has 0 spiro atoms. The van der Waals surface area contributed by atoms with E-state index in [0.29, 0.717) is 0 Å². The molecule has 4 rings (SSSR count). The molecule has 0 saturated carbocycles. The molecule has 0 atom stereocenters. The summed E-state index contributed by atoms with van der Waals surface area (Å²) >= 11 is 0. The Morgan fingerprint density at radius 2 is 0.821 bits per heavy atom. The van der Waals surface area contributed by atoms with E-state index < -0.39 is 7.92 Å². The summed E-state index contributed by atoms with van der Waals surface area (Å²) in [6, 6.07) is 39.9. The molecule has 0 aliphatic rings. The van der Waals surface area contributed by atoms with Gasteiger partial charge in [0.15, 0.2) is 0 Å². The van der Waals surface area contributed by atoms with E-state index in [9.17, 15) is 4.79 Å². The van der Waals surface area contributed by atoms with Gasteiger partial charge in [-0.2, -0.15) is 0 Å². The summed E-state index contributed by atoms with van der Waals surface area (Å²) in [5.41, 5.74) is 1.83. The molecule has 3 heteroatoms. The van der Waals surface area contributed by atoms with Crippen LogP contribution in [0, 0.1) is 0 Å². The van der Waals surface area contributed by atoms with Crippen LogP contribution in [0.25, 0.3) is 0 Å². The fraction of sp³-hybridized carbons (Fsp3) is 0. The van der Waals surface area contributed by atoms with E-state index in [-0.39, 0.29) is 5.65 Å². The van der Waals surface area contributed by atoms with E-state index in [1.54, 1.807) is 0 Å². The zero-order valence-corrected chi connectivity index (χ0v) is 16.2. The van der Waals surface area contributed by atoms with Crippen LogP contribution in [-0.2, 0) is 0 Å². The Labute approximate surface area is 166 Å². The minimum absolute atomic E-state index is 0.0878. The molecule has 4 aromatic carbocycles. The van der Waals surface area contributed by atoms with E-state index in [2.05, 4.69) is 0 Å². The maximum Gasteiger partial charge on any atom is 0.261 e. The lowest BCUT2D eigenvalue weighted by atomic mass is 10.2. The molecule has 28 heavy (non-hydrogen) atoms. The van der Waals surface area contributed by atoms with Crippen molar-refractivity contribution in [1.29, 1.82) is 0 Å². The molecule has 0 saturated heterocycles. The number of hydrogen-bond acceptors (Lipinski definition) is 1. The molecule has 0 aliphatic heterocycles. The van der Waals surface area contributed by atoms with E-state index in [4.69, 9.17) is 0 Å². The maximum atomic E-state index is 14.0. The smallest absolute Gasteiger partial charge is 0.261 e. The van der Waals surface area contributed by atoms with Crippen molar-refractivity contribution in [3.8, 4) is 0 Å². The number of benzene rings is 4. The number of para-hydroxylation sites is 2. The first kappa shape index (κ1) is 18.2. The predicted octanol–water partition coefficient (Wildman–Crippen LogP) is 6.08. The average Bonchev–Trinajstić information content (AvgIpc) is 2.77. The molecule has 4 aromatic rings. The predicted molar refractivity (Wildman–Crippen MR) is 119 cm³/mol. The minimum atomic E-state index is -1.21. The van der Waals surface area contributed by atoms with Crippen molar-refractivity contribution in [2.24, 2.45) is 0 Å². The molecule has 0 radical (unpaired) electrons. The molecule has 0 fully saturated rings. The molecule has 1 amide bonds. The van der Waals surface area contributed by atoms with Crippen molar-refractivity contribution in [2.45, 2.75) is 0 Å². The van der Waals surface area contributed by atoms with Crippen molar-refractivity contribution in [3.63, 3.8) is 0 Å². The van der Waals surface area contributed by atoms with Crippen LogP contribution in [0.1, 0.15) is 0 Å². The van der Waals surface area contributed by atoms with Crippen LogP contribution < -0.4 is 15.5 Å². The summed E-state index contributed by atoms with van der Waals surface area (Å²) in [5, 5.41) is 2.09. The van der Waals surface area contributed by atoms with Crippen LogP contribution in [-0.4, -0.2) is 5.65 Å². The molecule has 0 aromatic heterocycles. The summed E-state index contributed by atoms with van der Waals surface area (Å²) in [6.45, 7) is 0.